The molecule has 168 valence electrons. The number of aromatic nitrogens is 2. The van der Waals surface area contributed by atoms with E-state index in [9.17, 15) is 4.79 Å². The Hall–Kier alpha value is -2.66. The van der Waals surface area contributed by atoms with E-state index in [1.54, 1.807) is 0 Å². The maximum atomic E-state index is 13.4. The molecule has 1 aliphatic heterocycles. The first-order valence-electron chi connectivity index (χ1n) is 12.4. The second kappa shape index (κ2) is 9.86. The molecule has 1 fully saturated rings. The molecule has 32 heavy (non-hydrogen) atoms. The predicted molar refractivity (Wildman–Crippen MR) is 127 cm³/mol. The first-order chi connectivity index (χ1) is 15.8. The number of hydrogen-bond acceptors (Lipinski definition) is 3. The minimum absolute atomic E-state index is 0.0382. The molecule has 0 spiro atoms. The second-order valence-electron chi connectivity index (χ2n) is 9.33. The molecule has 5 heteroatoms. The summed E-state index contributed by atoms with van der Waals surface area (Å²) in [5, 5.41) is 7.05. The zero-order valence-electron chi connectivity index (χ0n) is 18.9. The van der Waals surface area contributed by atoms with Gasteiger partial charge in [0.25, 0.3) is 5.91 Å². The molecule has 5 nitrogen and oxygen atoms in total. The lowest BCUT2D eigenvalue weighted by atomic mass is 9.80. The average molecular weight is 431 g/mol. The molecule has 3 aliphatic rings. The summed E-state index contributed by atoms with van der Waals surface area (Å²) in [6, 6.07) is 10.5. The van der Waals surface area contributed by atoms with Crippen LogP contribution >= 0.6 is 0 Å². The summed E-state index contributed by atoms with van der Waals surface area (Å²) in [4.78, 5) is 13.4. The summed E-state index contributed by atoms with van der Waals surface area (Å²) in [7, 11) is 0. The molecule has 1 saturated heterocycles. The highest BCUT2D eigenvalue weighted by atomic mass is 16.2. The number of carbonyl (C=O) groups is 1. The van der Waals surface area contributed by atoms with E-state index in [-0.39, 0.29) is 5.91 Å². The van der Waals surface area contributed by atoms with Crippen molar-refractivity contribution in [3.63, 3.8) is 0 Å². The van der Waals surface area contributed by atoms with Crippen LogP contribution in [-0.4, -0.2) is 33.8 Å². The number of amides is 1. The van der Waals surface area contributed by atoms with E-state index in [4.69, 9.17) is 5.10 Å². The lowest BCUT2D eigenvalue weighted by Gasteiger charge is -2.27. The number of nitrogens with zero attached hydrogens (tertiary/aromatic N) is 3. The van der Waals surface area contributed by atoms with E-state index < -0.39 is 0 Å². The second-order valence-corrected chi connectivity index (χ2v) is 9.33. The van der Waals surface area contributed by atoms with E-state index in [2.05, 4.69) is 57.6 Å². The van der Waals surface area contributed by atoms with Gasteiger partial charge in [0, 0.05) is 24.6 Å². The van der Waals surface area contributed by atoms with E-state index in [1.165, 1.54) is 29.7 Å². The van der Waals surface area contributed by atoms with Crippen LogP contribution in [-0.2, 0) is 13.0 Å². The van der Waals surface area contributed by atoms with E-state index in [1.807, 2.05) is 6.07 Å². The van der Waals surface area contributed by atoms with Gasteiger partial charge in [0.2, 0.25) is 0 Å². The van der Waals surface area contributed by atoms with Crippen molar-refractivity contribution in [3.05, 3.63) is 76.6 Å². The van der Waals surface area contributed by atoms with E-state index >= 15 is 0 Å². The Morgan fingerprint density at radius 2 is 1.84 bits per heavy atom. The Balaban J connectivity index is 1.49. The molecule has 1 N–H and O–H groups in total. The summed E-state index contributed by atoms with van der Waals surface area (Å²) >= 11 is 0. The molecule has 5 rings (SSSR count). The number of carbonyl (C=O) groups excluding carboxylic acids is 1. The summed E-state index contributed by atoms with van der Waals surface area (Å²) in [5.41, 5.74) is 8.83. The number of fused-ring (bicyclic) bond motifs is 1. The summed E-state index contributed by atoms with van der Waals surface area (Å²) in [5.74, 6) is 0.287. The van der Waals surface area contributed by atoms with Crippen LogP contribution in [0.3, 0.4) is 0 Å². The Morgan fingerprint density at radius 3 is 2.59 bits per heavy atom. The Labute approximate surface area is 191 Å². The van der Waals surface area contributed by atoms with Gasteiger partial charge in [0.1, 0.15) is 0 Å². The lowest BCUT2D eigenvalue weighted by molar-refractivity contribution is 0.0787. The molecular formula is C27H34N4O. The molecule has 2 aromatic rings. The van der Waals surface area contributed by atoms with Gasteiger partial charge in [-0.25, -0.2) is 5.01 Å². The van der Waals surface area contributed by atoms with Gasteiger partial charge in [-0.1, -0.05) is 61.4 Å². The highest BCUT2D eigenvalue weighted by Crippen LogP contribution is 2.40. The van der Waals surface area contributed by atoms with Crippen LogP contribution in [0.15, 0.2) is 54.1 Å². The van der Waals surface area contributed by atoms with Crippen molar-refractivity contribution in [3.8, 4) is 0 Å². The molecule has 0 bridgehead atoms. The molecule has 0 radical (unpaired) electrons. The zero-order chi connectivity index (χ0) is 21.8. The monoisotopic (exact) mass is 430 g/mol. The van der Waals surface area contributed by atoms with E-state index in [0.29, 0.717) is 18.2 Å². The summed E-state index contributed by atoms with van der Waals surface area (Å²) in [6.07, 6.45) is 17.1. The fourth-order valence-corrected chi connectivity index (χ4v) is 5.42. The summed E-state index contributed by atoms with van der Waals surface area (Å²) < 4.78 is 2.12. The van der Waals surface area contributed by atoms with Crippen molar-refractivity contribution in [2.45, 2.75) is 70.3 Å². The van der Waals surface area contributed by atoms with Gasteiger partial charge in [0.05, 0.1) is 12.2 Å². The molecule has 1 atom stereocenters. The van der Waals surface area contributed by atoms with Gasteiger partial charge in [-0.2, -0.15) is 5.10 Å². The van der Waals surface area contributed by atoms with Gasteiger partial charge in [-0.05, 0) is 56.1 Å². The quantitative estimate of drug-likeness (QED) is 0.714. The van der Waals surface area contributed by atoms with Gasteiger partial charge in [-0.15, -0.1) is 0 Å². The third-order valence-electron chi connectivity index (χ3n) is 7.03. The number of allylic oxidation sites excluding steroid dienone is 4. The molecule has 1 aromatic heterocycles. The van der Waals surface area contributed by atoms with E-state index in [0.717, 1.165) is 63.6 Å². The van der Waals surface area contributed by atoms with Crippen molar-refractivity contribution in [2.75, 3.05) is 13.1 Å². The first-order valence-corrected chi connectivity index (χ1v) is 12.4. The molecule has 1 unspecified atom stereocenters. The van der Waals surface area contributed by atoms with Crippen molar-refractivity contribution in [2.24, 2.45) is 0 Å². The van der Waals surface area contributed by atoms with Crippen LogP contribution in [0.4, 0.5) is 0 Å². The topological polar surface area (TPSA) is 50.2 Å². The molecule has 2 heterocycles. The van der Waals surface area contributed by atoms with Crippen molar-refractivity contribution in [1.29, 1.82) is 0 Å². The first kappa shape index (κ1) is 21.2. The van der Waals surface area contributed by atoms with Gasteiger partial charge in [0.15, 0.2) is 5.69 Å². The Bertz CT molecular complexity index is 996. The van der Waals surface area contributed by atoms with Crippen molar-refractivity contribution in [1.82, 2.24) is 20.2 Å². The molecule has 1 aromatic carbocycles. The van der Waals surface area contributed by atoms with Gasteiger partial charge < -0.3 is 0 Å². The summed E-state index contributed by atoms with van der Waals surface area (Å²) in [6.45, 7) is 2.56. The highest BCUT2D eigenvalue weighted by Gasteiger charge is 2.33. The number of hydrogen-bond donors (Lipinski definition) is 1. The highest BCUT2D eigenvalue weighted by molar-refractivity contribution is 5.93. The van der Waals surface area contributed by atoms with Crippen LogP contribution in [0, 0.1) is 0 Å². The molecule has 1 amide bonds. The average Bonchev–Trinajstić information content (AvgIpc) is 3.01. The largest absolute Gasteiger partial charge is 0.286 e. The fraction of sp³-hybridized carbons (Fsp3) is 0.481. The van der Waals surface area contributed by atoms with Crippen LogP contribution in [0.1, 0.15) is 84.6 Å². The Kier molecular flexibility index (Phi) is 6.54. The zero-order valence-corrected chi connectivity index (χ0v) is 18.9. The minimum atomic E-state index is -0.0382. The maximum Gasteiger partial charge on any atom is 0.286 e. The predicted octanol–water partition coefficient (Wildman–Crippen LogP) is 5.15. The maximum absolute atomic E-state index is 13.4. The van der Waals surface area contributed by atoms with Crippen LogP contribution in [0.2, 0.25) is 0 Å². The number of rotatable bonds is 5. The van der Waals surface area contributed by atoms with Crippen LogP contribution in [0.25, 0.3) is 0 Å². The third kappa shape index (κ3) is 4.58. The third-order valence-corrected chi connectivity index (χ3v) is 7.03. The normalized spacial score (nSPS) is 21.5. The molecule has 0 saturated carbocycles. The minimum Gasteiger partial charge on any atom is -0.283 e. The lowest BCUT2D eigenvalue weighted by Crippen LogP contribution is -2.43. The number of nitrogens with one attached hydrogen (secondary N) is 1. The van der Waals surface area contributed by atoms with Crippen LogP contribution < -0.4 is 5.43 Å². The van der Waals surface area contributed by atoms with Crippen LogP contribution in [0.5, 0.6) is 0 Å². The number of hydrazine groups is 1. The number of benzene rings is 1. The van der Waals surface area contributed by atoms with Crippen molar-refractivity contribution >= 4 is 5.91 Å². The van der Waals surface area contributed by atoms with Gasteiger partial charge >= 0.3 is 0 Å². The molecular weight excluding hydrogens is 396 g/mol. The SMILES string of the molecule is O=C(NN1CCCCCC1)c1nn(Cc2ccccc2)c2c1CCCC2C1=CCCC=C1. The fourth-order valence-electron chi connectivity index (χ4n) is 5.42. The van der Waals surface area contributed by atoms with Crippen molar-refractivity contribution < 1.29 is 4.79 Å². The molecule has 2 aliphatic carbocycles. The Morgan fingerprint density at radius 1 is 1.03 bits per heavy atom. The van der Waals surface area contributed by atoms with Gasteiger partial charge in [-0.3, -0.25) is 14.9 Å². The smallest absolute Gasteiger partial charge is 0.283 e. The standard InChI is InChI=1S/C27H34N4O/c32-27(29-30-18-9-1-2-10-19-30)25-24-17-11-16-23(22-14-7-4-8-15-22)26(24)31(28-25)20-21-12-5-3-6-13-21/h3,5-7,12-15,23H,1-2,4,8-11,16-20H2,(H,29,32).